The molecule has 0 spiro atoms. The molecule has 0 unspecified atom stereocenters. The predicted molar refractivity (Wildman–Crippen MR) is 64.0 cm³/mol. The van der Waals surface area contributed by atoms with Crippen LogP contribution in [-0.4, -0.2) is 55.4 Å². The van der Waals surface area contributed by atoms with Crippen molar-refractivity contribution in [1.29, 1.82) is 0 Å². The van der Waals surface area contributed by atoms with Crippen LogP contribution in [0.15, 0.2) is 0 Å². The Morgan fingerprint density at radius 1 is 0.667 bits per heavy atom. The number of rotatable bonds is 9. The third-order valence-corrected chi connectivity index (χ3v) is 2.86. The standard InChI is InChI=1S/C10H16N2O8.Na.H/c11-9(1-5(13)14,2-6(15)16)10(12,3-7(17)18)4-8(19)20;;/h1-4,11-12H2,(H,13,14)(H,15,16)(H,17,18)(H,19,20);;/q;+1;-1. The van der Waals surface area contributed by atoms with E-state index in [0.29, 0.717) is 0 Å². The molecule has 0 aromatic carbocycles. The molecule has 0 aromatic heterocycles. The Balaban J connectivity index is -0.00000180. The van der Waals surface area contributed by atoms with Crippen LogP contribution in [0.5, 0.6) is 0 Å². The maximum atomic E-state index is 10.8. The second kappa shape index (κ2) is 8.29. The van der Waals surface area contributed by atoms with E-state index in [0.717, 1.165) is 0 Å². The van der Waals surface area contributed by atoms with Crippen LogP contribution in [0.2, 0.25) is 0 Å². The van der Waals surface area contributed by atoms with Gasteiger partial charge in [0, 0.05) is 0 Å². The summed E-state index contributed by atoms with van der Waals surface area (Å²) in [7, 11) is 0. The molecule has 0 saturated heterocycles. The zero-order chi connectivity index (χ0) is 16.1. The van der Waals surface area contributed by atoms with Crippen molar-refractivity contribution in [3.05, 3.63) is 0 Å². The second-order valence-electron chi connectivity index (χ2n) is 4.59. The zero-order valence-corrected chi connectivity index (χ0v) is 13.4. The molecule has 0 bridgehead atoms. The number of hydrogen-bond donors (Lipinski definition) is 6. The maximum absolute atomic E-state index is 10.8. The first kappa shape index (κ1) is 22.1. The Hall–Kier alpha value is -1.20. The third kappa shape index (κ3) is 6.87. The summed E-state index contributed by atoms with van der Waals surface area (Å²) in [6.07, 6.45) is -3.90. The molecule has 8 N–H and O–H groups in total. The molecule has 0 fully saturated rings. The summed E-state index contributed by atoms with van der Waals surface area (Å²) in [5, 5.41) is 35.1. The molecule has 0 rings (SSSR count). The summed E-state index contributed by atoms with van der Waals surface area (Å²) in [5.74, 6) is -6.06. The number of carboxylic acid groups (broad SMARTS) is 4. The van der Waals surface area contributed by atoms with E-state index in [-0.39, 0.29) is 31.0 Å². The van der Waals surface area contributed by atoms with Crippen molar-refractivity contribution >= 4 is 23.9 Å². The summed E-state index contributed by atoms with van der Waals surface area (Å²) in [6, 6.07) is 0. The van der Waals surface area contributed by atoms with Crippen LogP contribution < -0.4 is 41.0 Å². The number of carbonyl (C=O) groups is 4. The van der Waals surface area contributed by atoms with E-state index >= 15 is 0 Å². The van der Waals surface area contributed by atoms with Gasteiger partial charge in [0.05, 0.1) is 36.8 Å². The zero-order valence-electron chi connectivity index (χ0n) is 12.4. The van der Waals surface area contributed by atoms with Crippen molar-refractivity contribution in [1.82, 2.24) is 0 Å². The van der Waals surface area contributed by atoms with E-state index in [1.54, 1.807) is 0 Å². The summed E-state index contributed by atoms with van der Waals surface area (Å²) < 4.78 is 0. The fourth-order valence-corrected chi connectivity index (χ4v) is 1.91. The largest absolute Gasteiger partial charge is 1.00 e. The minimum absolute atomic E-state index is 0. The molecule has 0 heterocycles. The van der Waals surface area contributed by atoms with E-state index < -0.39 is 60.6 Å². The number of hydrogen-bond acceptors (Lipinski definition) is 6. The van der Waals surface area contributed by atoms with Crippen molar-refractivity contribution in [2.45, 2.75) is 36.8 Å². The number of nitrogens with two attached hydrogens (primary N) is 2. The molecule has 11 heteroatoms. The average molecular weight is 316 g/mol. The van der Waals surface area contributed by atoms with Gasteiger partial charge in [-0.05, 0) is 0 Å². The number of carboxylic acids is 4. The van der Waals surface area contributed by atoms with Gasteiger partial charge in [-0.25, -0.2) is 0 Å². The first-order valence-corrected chi connectivity index (χ1v) is 5.37. The van der Waals surface area contributed by atoms with E-state index in [9.17, 15) is 19.2 Å². The minimum Gasteiger partial charge on any atom is -1.00 e. The Morgan fingerprint density at radius 3 is 0.905 bits per heavy atom. The Kier molecular flexibility index (Phi) is 8.72. The van der Waals surface area contributed by atoms with Gasteiger partial charge in [0.25, 0.3) is 0 Å². The topological polar surface area (TPSA) is 201 Å². The van der Waals surface area contributed by atoms with E-state index in [1.165, 1.54) is 0 Å². The van der Waals surface area contributed by atoms with Crippen LogP contribution in [0.25, 0.3) is 0 Å². The van der Waals surface area contributed by atoms with Gasteiger partial charge in [-0.3, -0.25) is 19.2 Å². The van der Waals surface area contributed by atoms with Gasteiger partial charge in [0.2, 0.25) is 0 Å². The third-order valence-electron chi connectivity index (χ3n) is 2.86. The molecule has 10 nitrogen and oxygen atoms in total. The first-order chi connectivity index (χ1) is 8.92. The fraction of sp³-hybridized carbons (Fsp3) is 0.600. The first-order valence-electron chi connectivity index (χ1n) is 5.37. The SMILES string of the molecule is NC(CC(=O)O)(CC(=O)O)C(N)(CC(=O)O)CC(=O)O.[H-].[Na+]. The molecule has 0 saturated carbocycles. The quantitative estimate of drug-likeness (QED) is 0.225. The molecular weight excluding hydrogens is 299 g/mol. The molecule has 0 aliphatic rings. The molecule has 0 aromatic rings. The summed E-state index contributed by atoms with van der Waals surface area (Å²) >= 11 is 0. The van der Waals surface area contributed by atoms with Crippen molar-refractivity contribution < 1.29 is 70.6 Å². The van der Waals surface area contributed by atoms with Gasteiger partial charge in [0.1, 0.15) is 0 Å². The van der Waals surface area contributed by atoms with Gasteiger partial charge in [-0.2, -0.15) is 0 Å². The van der Waals surface area contributed by atoms with Crippen LogP contribution in [0, 0.1) is 0 Å². The Bertz CT molecular complexity index is 373. The van der Waals surface area contributed by atoms with Crippen LogP contribution in [0.4, 0.5) is 0 Å². The molecule has 21 heavy (non-hydrogen) atoms. The molecule has 116 valence electrons. The smallest absolute Gasteiger partial charge is 1.00 e. The van der Waals surface area contributed by atoms with Gasteiger partial charge < -0.3 is 33.3 Å². The summed E-state index contributed by atoms with van der Waals surface area (Å²) in [5.41, 5.74) is 6.88. The number of aliphatic carboxylic acids is 4. The van der Waals surface area contributed by atoms with Crippen molar-refractivity contribution in [3.8, 4) is 0 Å². The van der Waals surface area contributed by atoms with Crippen LogP contribution in [0.3, 0.4) is 0 Å². The fourth-order valence-electron chi connectivity index (χ4n) is 1.91. The van der Waals surface area contributed by atoms with Gasteiger partial charge in [-0.1, -0.05) is 0 Å². The summed E-state index contributed by atoms with van der Waals surface area (Å²) in [6.45, 7) is 0. The molecule has 0 radical (unpaired) electrons. The predicted octanol–water partition coefficient (Wildman–Crippen LogP) is -4.60. The molecule has 0 amide bonds. The molecular formula is C10H17N2NaO8. The van der Waals surface area contributed by atoms with Crippen molar-refractivity contribution in [2.24, 2.45) is 11.5 Å². The maximum Gasteiger partial charge on any atom is 1.00 e. The molecule has 0 aliphatic carbocycles. The second-order valence-corrected chi connectivity index (χ2v) is 4.59. The van der Waals surface area contributed by atoms with E-state index in [1.807, 2.05) is 0 Å². The van der Waals surface area contributed by atoms with Crippen molar-refractivity contribution in [3.63, 3.8) is 0 Å². The van der Waals surface area contributed by atoms with E-state index in [2.05, 4.69) is 0 Å². The van der Waals surface area contributed by atoms with Gasteiger partial charge in [-0.15, -0.1) is 0 Å². The Morgan fingerprint density at radius 2 is 0.810 bits per heavy atom. The van der Waals surface area contributed by atoms with E-state index in [4.69, 9.17) is 31.9 Å². The van der Waals surface area contributed by atoms with Crippen molar-refractivity contribution in [2.75, 3.05) is 0 Å². The normalized spacial score (nSPS) is 11.3. The van der Waals surface area contributed by atoms with Gasteiger partial charge in [0.15, 0.2) is 0 Å². The molecule has 0 aliphatic heterocycles. The Labute approximate surface area is 142 Å². The van der Waals surface area contributed by atoms with Crippen LogP contribution >= 0.6 is 0 Å². The minimum atomic E-state index is -2.22. The van der Waals surface area contributed by atoms with Crippen LogP contribution in [-0.2, 0) is 19.2 Å². The van der Waals surface area contributed by atoms with Crippen LogP contribution in [0.1, 0.15) is 27.1 Å². The van der Waals surface area contributed by atoms with Gasteiger partial charge >= 0.3 is 53.4 Å². The monoisotopic (exact) mass is 316 g/mol. The summed E-state index contributed by atoms with van der Waals surface area (Å²) in [4.78, 5) is 43.2. The molecule has 0 atom stereocenters. The average Bonchev–Trinajstić information content (AvgIpc) is 2.10.